The quantitative estimate of drug-likeness (QED) is 0.480. The van der Waals surface area contributed by atoms with Gasteiger partial charge >= 0.3 is 0 Å². The van der Waals surface area contributed by atoms with Gasteiger partial charge < -0.3 is 10.6 Å². The number of hydrogen-bond acceptors (Lipinski definition) is 3. The smallest absolute Gasteiger partial charge is 0.191 e. The van der Waals surface area contributed by atoms with E-state index in [0.29, 0.717) is 6.54 Å². The summed E-state index contributed by atoms with van der Waals surface area (Å²) in [5.74, 6) is 0.809. The van der Waals surface area contributed by atoms with Crippen LogP contribution in [0.4, 0.5) is 0 Å². The number of halogens is 1. The second-order valence-corrected chi connectivity index (χ2v) is 5.83. The molecule has 0 bridgehead atoms. The van der Waals surface area contributed by atoms with Gasteiger partial charge in [-0.05, 0) is 27.2 Å². The van der Waals surface area contributed by atoms with Crippen molar-refractivity contribution in [2.24, 2.45) is 4.99 Å². The first-order valence-corrected chi connectivity index (χ1v) is 6.74. The molecular weight excluding hydrogens is 359 g/mol. The molecule has 104 valence electrons. The first-order chi connectivity index (χ1) is 7.94. The van der Waals surface area contributed by atoms with Crippen molar-refractivity contribution in [3.05, 3.63) is 16.1 Å². The lowest BCUT2D eigenvalue weighted by Gasteiger charge is -2.23. The van der Waals surface area contributed by atoms with E-state index in [4.69, 9.17) is 0 Å². The normalized spacial score (nSPS) is 11.9. The highest BCUT2D eigenvalue weighted by Gasteiger charge is 2.11. The average molecular weight is 382 g/mol. The SMILES string of the molecule is CCc1nc(CNC(=NC)NC(C)(C)C)cs1.I. The molecule has 0 fully saturated rings. The Morgan fingerprint density at radius 3 is 2.56 bits per heavy atom. The number of thiazole rings is 1. The Morgan fingerprint density at radius 1 is 1.44 bits per heavy atom. The van der Waals surface area contributed by atoms with Gasteiger partial charge in [0.25, 0.3) is 0 Å². The van der Waals surface area contributed by atoms with Crippen molar-refractivity contribution in [1.29, 1.82) is 0 Å². The average Bonchev–Trinajstić information content (AvgIpc) is 2.70. The number of hydrogen-bond donors (Lipinski definition) is 2. The summed E-state index contributed by atoms with van der Waals surface area (Å²) in [6.45, 7) is 9.16. The molecule has 0 aliphatic heterocycles. The molecule has 4 nitrogen and oxygen atoms in total. The number of aliphatic imine (C=N–C) groups is 1. The molecule has 0 saturated heterocycles. The predicted molar refractivity (Wildman–Crippen MR) is 90.0 cm³/mol. The number of nitrogens with zero attached hydrogens (tertiary/aromatic N) is 2. The zero-order chi connectivity index (χ0) is 12.9. The highest BCUT2D eigenvalue weighted by molar-refractivity contribution is 14.0. The Balaban J connectivity index is 0.00000289. The molecule has 0 aliphatic rings. The second kappa shape index (κ2) is 7.93. The van der Waals surface area contributed by atoms with Crippen LogP contribution in [0, 0.1) is 0 Å². The van der Waals surface area contributed by atoms with E-state index in [1.54, 1.807) is 18.4 Å². The summed E-state index contributed by atoms with van der Waals surface area (Å²) in [7, 11) is 1.78. The molecule has 0 saturated carbocycles. The fourth-order valence-electron chi connectivity index (χ4n) is 1.30. The van der Waals surface area contributed by atoms with E-state index in [9.17, 15) is 0 Å². The van der Waals surface area contributed by atoms with Gasteiger partial charge in [0.2, 0.25) is 0 Å². The minimum atomic E-state index is 0. The van der Waals surface area contributed by atoms with Crippen molar-refractivity contribution in [3.8, 4) is 0 Å². The van der Waals surface area contributed by atoms with Crippen LogP contribution in [0.3, 0.4) is 0 Å². The van der Waals surface area contributed by atoms with Crippen LogP contribution >= 0.6 is 35.3 Å². The van der Waals surface area contributed by atoms with Gasteiger partial charge in [-0.3, -0.25) is 4.99 Å². The van der Waals surface area contributed by atoms with Crippen LogP contribution in [-0.4, -0.2) is 23.5 Å². The van der Waals surface area contributed by atoms with Crippen molar-refractivity contribution in [2.75, 3.05) is 7.05 Å². The zero-order valence-corrected chi connectivity index (χ0v) is 14.8. The molecule has 0 spiro atoms. The third-order valence-electron chi connectivity index (χ3n) is 2.06. The van der Waals surface area contributed by atoms with Gasteiger partial charge in [0.15, 0.2) is 5.96 Å². The first-order valence-electron chi connectivity index (χ1n) is 5.86. The molecule has 1 heterocycles. The maximum absolute atomic E-state index is 4.50. The van der Waals surface area contributed by atoms with Gasteiger partial charge in [-0.15, -0.1) is 35.3 Å². The molecule has 2 N–H and O–H groups in total. The van der Waals surface area contributed by atoms with Crippen LogP contribution in [-0.2, 0) is 13.0 Å². The summed E-state index contributed by atoms with van der Waals surface area (Å²) in [4.78, 5) is 8.69. The molecule has 6 heteroatoms. The van der Waals surface area contributed by atoms with E-state index in [1.165, 1.54) is 5.01 Å². The topological polar surface area (TPSA) is 49.3 Å². The highest BCUT2D eigenvalue weighted by Crippen LogP contribution is 2.09. The fraction of sp³-hybridized carbons (Fsp3) is 0.667. The monoisotopic (exact) mass is 382 g/mol. The summed E-state index contributed by atoms with van der Waals surface area (Å²) in [6.07, 6.45) is 1.000. The predicted octanol–water partition coefficient (Wildman–Crippen LogP) is 2.79. The van der Waals surface area contributed by atoms with Gasteiger partial charge in [-0.2, -0.15) is 0 Å². The zero-order valence-electron chi connectivity index (χ0n) is 11.7. The van der Waals surface area contributed by atoms with Crippen LogP contribution in [0.2, 0.25) is 0 Å². The first kappa shape index (κ1) is 17.6. The van der Waals surface area contributed by atoms with Crippen molar-refractivity contribution < 1.29 is 0 Å². The third-order valence-corrected chi connectivity index (χ3v) is 3.10. The van der Waals surface area contributed by atoms with Crippen LogP contribution < -0.4 is 10.6 Å². The van der Waals surface area contributed by atoms with Crippen LogP contribution in [0.1, 0.15) is 38.4 Å². The van der Waals surface area contributed by atoms with E-state index < -0.39 is 0 Å². The van der Waals surface area contributed by atoms with Gasteiger partial charge in [-0.25, -0.2) is 4.98 Å². The van der Waals surface area contributed by atoms with E-state index >= 15 is 0 Å². The molecule has 1 aromatic heterocycles. The molecular formula is C12H23IN4S. The molecule has 0 aromatic carbocycles. The molecule has 1 aromatic rings. The van der Waals surface area contributed by atoms with E-state index in [0.717, 1.165) is 18.1 Å². The van der Waals surface area contributed by atoms with Crippen LogP contribution in [0.25, 0.3) is 0 Å². The minimum absolute atomic E-state index is 0. The van der Waals surface area contributed by atoms with Gasteiger partial charge in [0.05, 0.1) is 17.2 Å². The Morgan fingerprint density at radius 2 is 2.11 bits per heavy atom. The molecule has 1 rings (SSSR count). The molecule has 0 aliphatic carbocycles. The van der Waals surface area contributed by atoms with Crippen molar-refractivity contribution in [3.63, 3.8) is 0 Å². The Hall–Kier alpha value is -0.370. The van der Waals surface area contributed by atoms with Crippen molar-refractivity contribution >= 4 is 41.3 Å². The molecule has 0 unspecified atom stereocenters. The maximum Gasteiger partial charge on any atom is 0.191 e. The summed E-state index contributed by atoms with van der Waals surface area (Å²) in [5.41, 5.74) is 1.09. The Kier molecular flexibility index (Phi) is 7.77. The summed E-state index contributed by atoms with van der Waals surface area (Å²) in [6, 6.07) is 0. The molecule has 0 amide bonds. The third kappa shape index (κ3) is 6.53. The number of rotatable bonds is 3. The van der Waals surface area contributed by atoms with E-state index in [-0.39, 0.29) is 29.5 Å². The molecule has 0 radical (unpaired) electrons. The van der Waals surface area contributed by atoms with Crippen molar-refractivity contribution in [1.82, 2.24) is 15.6 Å². The molecule has 0 atom stereocenters. The van der Waals surface area contributed by atoms with Crippen LogP contribution in [0.5, 0.6) is 0 Å². The molecule has 18 heavy (non-hydrogen) atoms. The lowest BCUT2D eigenvalue weighted by molar-refractivity contribution is 0.501. The largest absolute Gasteiger partial charge is 0.352 e. The van der Waals surface area contributed by atoms with Crippen LogP contribution in [0.15, 0.2) is 10.4 Å². The van der Waals surface area contributed by atoms with Gasteiger partial charge in [0.1, 0.15) is 0 Å². The maximum atomic E-state index is 4.50. The minimum Gasteiger partial charge on any atom is -0.352 e. The van der Waals surface area contributed by atoms with Crippen molar-refractivity contribution in [2.45, 2.75) is 46.2 Å². The number of aryl methyl sites for hydroxylation is 1. The summed E-state index contributed by atoms with van der Waals surface area (Å²) >= 11 is 1.71. The van der Waals surface area contributed by atoms with E-state index in [1.807, 2.05) is 0 Å². The Labute approximate surface area is 131 Å². The van der Waals surface area contributed by atoms with Gasteiger partial charge in [-0.1, -0.05) is 6.92 Å². The van der Waals surface area contributed by atoms with E-state index in [2.05, 4.69) is 53.7 Å². The van der Waals surface area contributed by atoms with Gasteiger partial charge in [0, 0.05) is 18.0 Å². The summed E-state index contributed by atoms with van der Waals surface area (Å²) < 4.78 is 0. The fourth-order valence-corrected chi connectivity index (χ4v) is 2.05. The number of nitrogens with one attached hydrogen (secondary N) is 2. The number of aromatic nitrogens is 1. The lowest BCUT2D eigenvalue weighted by atomic mass is 10.1. The second-order valence-electron chi connectivity index (χ2n) is 4.89. The standard InChI is InChI=1S/C12H22N4S.HI/c1-6-10-15-9(8-17-10)7-14-11(13-5)16-12(2,3)4;/h8H,6-7H2,1-5H3,(H2,13,14,16);1H. The lowest BCUT2D eigenvalue weighted by Crippen LogP contribution is -2.47. The Bertz CT molecular complexity index is 382. The highest BCUT2D eigenvalue weighted by atomic mass is 127. The number of guanidine groups is 1. The summed E-state index contributed by atoms with van der Waals surface area (Å²) in [5, 5.41) is 9.85.